The van der Waals surface area contributed by atoms with Crippen LogP contribution in [-0.4, -0.2) is 46.6 Å². The molecule has 0 bridgehead atoms. The van der Waals surface area contributed by atoms with E-state index in [4.69, 9.17) is 5.11 Å². The minimum Gasteiger partial charge on any atom is -0.396 e. The maximum Gasteiger partial charge on any atom is 0.219 e. The number of aliphatic hydroxyl groups excluding tert-OH is 3. The average molecular weight is 374 g/mol. The van der Waals surface area contributed by atoms with Crippen LogP contribution in [0.25, 0.3) is 0 Å². The molecule has 0 radical (unpaired) electrons. The van der Waals surface area contributed by atoms with Crippen LogP contribution < -0.4 is 5.32 Å². The van der Waals surface area contributed by atoms with Gasteiger partial charge in [0.25, 0.3) is 0 Å². The zero-order valence-corrected chi connectivity index (χ0v) is 16.9. The minimum absolute atomic E-state index is 0.0617. The van der Waals surface area contributed by atoms with E-state index in [0.717, 1.165) is 44.9 Å². The van der Waals surface area contributed by atoms with E-state index in [1.807, 2.05) is 0 Å². The van der Waals surface area contributed by atoms with Crippen molar-refractivity contribution in [3.63, 3.8) is 0 Å². The number of hydrogen-bond donors (Lipinski definition) is 4. The van der Waals surface area contributed by atoms with Gasteiger partial charge in [0.1, 0.15) is 0 Å². The standard InChI is InChI=1S/C21H43NO4/c1-2-3-4-5-7-10-14-19(24)20(25)15-11-8-6-9-12-16-21(26)22-17-13-18-23/h19-20,23-25H,2-18H2,1H3,(H,22,26). The van der Waals surface area contributed by atoms with Crippen LogP contribution in [0.1, 0.15) is 103 Å². The summed E-state index contributed by atoms with van der Waals surface area (Å²) >= 11 is 0. The minimum atomic E-state index is -0.594. The van der Waals surface area contributed by atoms with Gasteiger partial charge in [-0.1, -0.05) is 71.1 Å². The van der Waals surface area contributed by atoms with E-state index < -0.39 is 12.2 Å². The first-order chi connectivity index (χ1) is 12.6. The molecule has 0 fully saturated rings. The van der Waals surface area contributed by atoms with Crippen LogP contribution in [0, 0.1) is 0 Å². The Morgan fingerprint density at radius 1 is 0.769 bits per heavy atom. The topological polar surface area (TPSA) is 89.8 Å². The first-order valence-electron chi connectivity index (χ1n) is 10.9. The van der Waals surface area contributed by atoms with Gasteiger partial charge in [-0.05, 0) is 25.7 Å². The third kappa shape index (κ3) is 16.8. The lowest BCUT2D eigenvalue weighted by molar-refractivity contribution is -0.121. The summed E-state index contributed by atoms with van der Waals surface area (Å²) in [5.74, 6) is 0.0617. The molecule has 5 heteroatoms. The maximum atomic E-state index is 11.5. The number of hydrogen-bond acceptors (Lipinski definition) is 4. The van der Waals surface area contributed by atoms with Crippen LogP contribution in [0.2, 0.25) is 0 Å². The van der Waals surface area contributed by atoms with Gasteiger partial charge >= 0.3 is 0 Å². The van der Waals surface area contributed by atoms with Crippen LogP contribution in [-0.2, 0) is 4.79 Å². The number of unbranched alkanes of at least 4 members (excludes halogenated alkanes) is 9. The van der Waals surface area contributed by atoms with Gasteiger partial charge in [-0.25, -0.2) is 0 Å². The van der Waals surface area contributed by atoms with Crippen LogP contribution in [0.4, 0.5) is 0 Å². The quantitative estimate of drug-likeness (QED) is 0.260. The first kappa shape index (κ1) is 25.4. The Balaban J connectivity index is 3.41. The molecule has 0 aromatic heterocycles. The van der Waals surface area contributed by atoms with Crippen molar-refractivity contribution in [3.8, 4) is 0 Å². The lowest BCUT2D eigenvalue weighted by atomic mass is 9.99. The smallest absolute Gasteiger partial charge is 0.219 e. The third-order valence-electron chi connectivity index (χ3n) is 4.86. The van der Waals surface area contributed by atoms with Gasteiger partial charge in [-0.15, -0.1) is 0 Å². The molecule has 2 unspecified atom stereocenters. The number of nitrogens with one attached hydrogen (secondary N) is 1. The summed E-state index contributed by atoms with van der Waals surface area (Å²) in [5, 5.41) is 31.4. The zero-order chi connectivity index (χ0) is 19.5. The van der Waals surface area contributed by atoms with E-state index in [1.54, 1.807) is 0 Å². The molecule has 156 valence electrons. The second kappa shape index (κ2) is 19.1. The number of aliphatic hydroxyl groups is 3. The van der Waals surface area contributed by atoms with Gasteiger partial charge in [0, 0.05) is 19.6 Å². The Hall–Kier alpha value is -0.650. The highest BCUT2D eigenvalue weighted by atomic mass is 16.3. The summed E-state index contributed by atoms with van der Waals surface area (Å²) in [5.41, 5.74) is 0. The van der Waals surface area contributed by atoms with Crippen molar-refractivity contribution in [2.45, 2.75) is 115 Å². The highest BCUT2D eigenvalue weighted by Gasteiger charge is 2.15. The Morgan fingerprint density at radius 3 is 1.81 bits per heavy atom. The molecule has 0 aromatic carbocycles. The molecule has 0 saturated carbocycles. The number of rotatable bonds is 19. The second-order valence-corrected chi connectivity index (χ2v) is 7.42. The summed E-state index contributed by atoms with van der Waals surface area (Å²) in [4.78, 5) is 11.5. The monoisotopic (exact) mass is 373 g/mol. The summed E-state index contributed by atoms with van der Waals surface area (Å²) in [6.07, 6.45) is 13.5. The highest BCUT2D eigenvalue weighted by molar-refractivity contribution is 5.75. The molecule has 0 aromatic rings. The number of carbonyl (C=O) groups is 1. The van der Waals surface area contributed by atoms with Gasteiger partial charge in [0.15, 0.2) is 0 Å². The molecule has 5 nitrogen and oxygen atoms in total. The van der Waals surface area contributed by atoms with Crippen LogP contribution in [0.15, 0.2) is 0 Å². The molecule has 0 aliphatic heterocycles. The molecule has 1 amide bonds. The van der Waals surface area contributed by atoms with Gasteiger partial charge < -0.3 is 20.6 Å². The predicted molar refractivity (Wildman–Crippen MR) is 107 cm³/mol. The lowest BCUT2D eigenvalue weighted by Crippen LogP contribution is -2.25. The zero-order valence-electron chi connectivity index (χ0n) is 16.9. The van der Waals surface area contributed by atoms with Crippen molar-refractivity contribution in [2.24, 2.45) is 0 Å². The molecule has 26 heavy (non-hydrogen) atoms. The Kier molecular flexibility index (Phi) is 18.6. The second-order valence-electron chi connectivity index (χ2n) is 7.42. The van der Waals surface area contributed by atoms with Crippen molar-refractivity contribution in [3.05, 3.63) is 0 Å². The highest BCUT2D eigenvalue weighted by Crippen LogP contribution is 2.15. The summed E-state index contributed by atoms with van der Waals surface area (Å²) in [6, 6.07) is 0. The van der Waals surface area contributed by atoms with E-state index in [1.165, 1.54) is 25.7 Å². The van der Waals surface area contributed by atoms with Crippen molar-refractivity contribution in [1.29, 1.82) is 0 Å². The summed E-state index contributed by atoms with van der Waals surface area (Å²) in [7, 11) is 0. The lowest BCUT2D eigenvalue weighted by Gasteiger charge is -2.17. The predicted octanol–water partition coefficient (Wildman–Crippen LogP) is 3.69. The first-order valence-corrected chi connectivity index (χ1v) is 10.9. The summed E-state index contributed by atoms with van der Waals surface area (Å²) in [6.45, 7) is 2.87. The van der Waals surface area contributed by atoms with Gasteiger partial charge in [-0.3, -0.25) is 4.79 Å². The fourth-order valence-electron chi connectivity index (χ4n) is 3.08. The van der Waals surface area contributed by atoms with Gasteiger partial charge in [0.2, 0.25) is 5.91 Å². The van der Waals surface area contributed by atoms with Crippen molar-refractivity contribution < 1.29 is 20.1 Å². The third-order valence-corrected chi connectivity index (χ3v) is 4.86. The van der Waals surface area contributed by atoms with Gasteiger partial charge in [-0.2, -0.15) is 0 Å². The largest absolute Gasteiger partial charge is 0.396 e. The SMILES string of the molecule is CCCCCCCCC(O)C(O)CCCCCCCC(=O)NCCCO. The fraction of sp³-hybridized carbons (Fsp3) is 0.952. The van der Waals surface area contributed by atoms with Gasteiger partial charge in [0.05, 0.1) is 12.2 Å². The number of amides is 1. The molecule has 0 heterocycles. The average Bonchev–Trinajstić information content (AvgIpc) is 2.63. The Morgan fingerprint density at radius 2 is 1.27 bits per heavy atom. The van der Waals surface area contributed by atoms with Crippen molar-refractivity contribution in [1.82, 2.24) is 5.32 Å². The fourth-order valence-corrected chi connectivity index (χ4v) is 3.08. The number of carbonyl (C=O) groups excluding carboxylic acids is 1. The van der Waals surface area contributed by atoms with Crippen LogP contribution in [0.3, 0.4) is 0 Å². The molecule has 0 aliphatic rings. The van der Waals surface area contributed by atoms with E-state index in [2.05, 4.69) is 12.2 Å². The molecule has 2 atom stereocenters. The molecular weight excluding hydrogens is 330 g/mol. The maximum absolute atomic E-state index is 11.5. The molecule has 4 N–H and O–H groups in total. The van der Waals surface area contributed by atoms with Crippen LogP contribution >= 0.6 is 0 Å². The molecule has 0 saturated heterocycles. The molecular formula is C21H43NO4. The van der Waals surface area contributed by atoms with Crippen LogP contribution in [0.5, 0.6) is 0 Å². The van der Waals surface area contributed by atoms with Crippen molar-refractivity contribution in [2.75, 3.05) is 13.2 Å². The molecule has 0 spiro atoms. The van der Waals surface area contributed by atoms with E-state index in [-0.39, 0.29) is 12.5 Å². The van der Waals surface area contributed by atoms with E-state index >= 15 is 0 Å². The molecule has 0 rings (SSSR count). The van der Waals surface area contributed by atoms with E-state index in [9.17, 15) is 15.0 Å². The Labute approximate surface area is 160 Å². The van der Waals surface area contributed by atoms with E-state index in [0.29, 0.717) is 32.2 Å². The molecule has 0 aliphatic carbocycles. The normalized spacial score (nSPS) is 13.5. The summed E-state index contributed by atoms with van der Waals surface area (Å²) < 4.78 is 0. The Bertz CT molecular complexity index is 312. The van der Waals surface area contributed by atoms with Crippen molar-refractivity contribution >= 4 is 5.91 Å².